The molecule has 2 aromatic carbocycles. The zero-order chi connectivity index (χ0) is 14.4. The Kier molecular flexibility index (Phi) is 4.74. The van der Waals surface area contributed by atoms with Crippen LogP contribution in [0.25, 0.3) is 0 Å². The van der Waals surface area contributed by atoms with Gasteiger partial charge < -0.3 is 14.6 Å². The molecule has 0 heterocycles. The lowest BCUT2D eigenvalue weighted by Gasteiger charge is -2.12. The second kappa shape index (κ2) is 6.73. The minimum atomic E-state index is -1.02. The smallest absolute Gasteiger partial charge is 0.337 e. The van der Waals surface area contributed by atoms with Crippen molar-refractivity contribution >= 4 is 5.97 Å². The van der Waals surface area contributed by atoms with Gasteiger partial charge in [0, 0.05) is 7.11 Å². The number of benzene rings is 2. The zero-order valence-electron chi connectivity index (χ0n) is 11.2. The number of carboxylic acids is 1. The van der Waals surface area contributed by atoms with Crippen molar-refractivity contribution < 1.29 is 19.4 Å². The first-order chi connectivity index (χ1) is 9.70. The second-order valence-electron chi connectivity index (χ2n) is 4.30. The first kappa shape index (κ1) is 14.1. The number of ether oxygens (including phenoxy) is 2. The van der Waals surface area contributed by atoms with Gasteiger partial charge >= 0.3 is 5.97 Å². The van der Waals surface area contributed by atoms with Gasteiger partial charge in [-0.2, -0.15) is 0 Å². The number of aliphatic carboxylic acids is 1. The van der Waals surface area contributed by atoms with Crippen molar-refractivity contribution in [3.63, 3.8) is 0 Å². The van der Waals surface area contributed by atoms with Gasteiger partial charge in [-0.15, -0.1) is 0 Å². The molecular weight excluding hydrogens is 256 g/mol. The van der Waals surface area contributed by atoms with Crippen molar-refractivity contribution in [3.8, 4) is 5.75 Å². The van der Waals surface area contributed by atoms with Crippen LogP contribution in [-0.2, 0) is 16.1 Å². The van der Waals surface area contributed by atoms with Crippen molar-refractivity contribution in [1.29, 1.82) is 0 Å². The molecule has 0 bridgehead atoms. The van der Waals surface area contributed by atoms with E-state index >= 15 is 0 Å². The molecule has 0 aliphatic carbocycles. The monoisotopic (exact) mass is 272 g/mol. The molecule has 1 N–H and O–H groups in total. The summed E-state index contributed by atoms with van der Waals surface area (Å²) in [6, 6.07) is 16.7. The van der Waals surface area contributed by atoms with E-state index in [2.05, 4.69) is 0 Å². The second-order valence-corrected chi connectivity index (χ2v) is 4.30. The maximum Gasteiger partial charge on any atom is 0.337 e. The summed E-state index contributed by atoms with van der Waals surface area (Å²) in [4.78, 5) is 11.1. The average Bonchev–Trinajstić information content (AvgIpc) is 2.47. The minimum Gasteiger partial charge on any atom is -0.489 e. The molecule has 2 rings (SSSR count). The van der Waals surface area contributed by atoms with Crippen LogP contribution in [0.4, 0.5) is 0 Å². The molecule has 0 amide bonds. The zero-order valence-corrected chi connectivity index (χ0v) is 11.2. The summed E-state index contributed by atoms with van der Waals surface area (Å²) in [5.74, 6) is -0.401. The summed E-state index contributed by atoms with van der Waals surface area (Å²) in [6.45, 7) is 0.439. The Morgan fingerprint density at radius 2 is 1.90 bits per heavy atom. The van der Waals surface area contributed by atoms with Gasteiger partial charge in [0.1, 0.15) is 12.4 Å². The van der Waals surface area contributed by atoms with E-state index in [4.69, 9.17) is 14.6 Å². The van der Waals surface area contributed by atoms with Crippen LogP contribution in [0.1, 0.15) is 17.2 Å². The molecule has 4 heteroatoms. The van der Waals surface area contributed by atoms with Gasteiger partial charge in [0.25, 0.3) is 0 Å². The molecule has 0 spiro atoms. The van der Waals surface area contributed by atoms with Crippen LogP contribution in [0.3, 0.4) is 0 Å². The summed E-state index contributed by atoms with van der Waals surface area (Å²) >= 11 is 0. The van der Waals surface area contributed by atoms with E-state index in [1.165, 1.54) is 7.11 Å². The van der Waals surface area contributed by atoms with Crippen LogP contribution in [-0.4, -0.2) is 18.2 Å². The highest BCUT2D eigenvalue weighted by Crippen LogP contribution is 2.22. The number of hydrogen-bond donors (Lipinski definition) is 1. The highest BCUT2D eigenvalue weighted by molar-refractivity contribution is 5.74. The van der Waals surface area contributed by atoms with Crippen LogP contribution < -0.4 is 4.74 Å². The van der Waals surface area contributed by atoms with E-state index in [0.29, 0.717) is 17.9 Å². The van der Waals surface area contributed by atoms with Gasteiger partial charge in [-0.25, -0.2) is 4.79 Å². The Hall–Kier alpha value is -2.33. The number of rotatable bonds is 6. The Labute approximate surface area is 117 Å². The van der Waals surface area contributed by atoms with Gasteiger partial charge in [0.2, 0.25) is 0 Å². The normalized spacial score (nSPS) is 11.8. The SMILES string of the molecule is CO[C@H](C(=O)O)c1cccc(OCc2ccccc2)c1. The van der Waals surface area contributed by atoms with Gasteiger partial charge in [0.05, 0.1) is 0 Å². The maximum absolute atomic E-state index is 11.1. The van der Waals surface area contributed by atoms with E-state index in [-0.39, 0.29) is 0 Å². The lowest BCUT2D eigenvalue weighted by molar-refractivity contribution is -0.148. The Balaban J connectivity index is 2.08. The summed E-state index contributed by atoms with van der Waals surface area (Å²) < 4.78 is 10.6. The average molecular weight is 272 g/mol. The third kappa shape index (κ3) is 3.59. The molecule has 0 radical (unpaired) electrons. The lowest BCUT2D eigenvalue weighted by atomic mass is 10.1. The molecular formula is C16H16O4. The molecule has 2 aromatic rings. The van der Waals surface area contributed by atoms with Gasteiger partial charge in [-0.05, 0) is 23.3 Å². The number of hydrogen-bond acceptors (Lipinski definition) is 3. The third-order valence-electron chi connectivity index (χ3n) is 2.87. The van der Waals surface area contributed by atoms with E-state index in [1.807, 2.05) is 30.3 Å². The number of methoxy groups -OCH3 is 1. The van der Waals surface area contributed by atoms with Gasteiger partial charge in [-0.3, -0.25) is 0 Å². The molecule has 0 aliphatic rings. The first-order valence-corrected chi connectivity index (χ1v) is 6.23. The van der Waals surface area contributed by atoms with Crippen molar-refractivity contribution in [3.05, 3.63) is 65.7 Å². The topological polar surface area (TPSA) is 55.8 Å². The minimum absolute atomic E-state index is 0.439. The molecule has 104 valence electrons. The van der Waals surface area contributed by atoms with Gasteiger partial charge in [0.15, 0.2) is 6.10 Å². The molecule has 0 saturated carbocycles. The van der Waals surface area contributed by atoms with Crippen LogP contribution >= 0.6 is 0 Å². The summed E-state index contributed by atoms with van der Waals surface area (Å²) in [5, 5.41) is 9.06. The molecule has 0 fully saturated rings. The van der Waals surface area contributed by atoms with Crippen molar-refractivity contribution in [2.45, 2.75) is 12.7 Å². The van der Waals surface area contributed by atoms with Crippen molar-refractivity contribution in [2.24, 2.45) is 0 Å². The number of carboxylic acid groups (broad SMARTS) is 1. The fraction of sp³-hybridized carbons (Fsp3) is 0.188. The molecule has 20 heavy (non-hydrogen) atoms. The number of carbonyl (C=O) groups is 1. The maximum atomic E-state index is 11.1. The fourth-order valence-corrected chi connectivity index (χ4v) is 1.89. The Bertz CT molecular complexity index is 566. The summed E-state index contributed by atoms with van der Waals surface area (Å²) in [7, 11) is 1.37. The Morgan fingerprint density at radius 3 is 2.55 bits per heavy atom. The molecule has 0 aliphatic heterocycles. The van der Waals surface area contributed by atoms with Crippen molar-refractivity contribution in [1.82, 2.24) is 0 Å². The highest BCUT2D eigenvalue weighted by Gasteiger charge is 2.19. The first-order valence-electron chi connectivity index (χ1n) is 6.23. The summed E-state index contributed by atoms with van der Waals surface area (Å²) in [5.41, 5.74) is 1.62. The van der Waals surface area contributed by atoms with Gasteiger partial charge in [-0.1, -0.05) is 42.5 Å². The fourth-order valence-electron chi connectivity index (χ4n) is 1.89. The van der Waals surface area contributed by atoms with E-state index in [0.717, 1.165) is 5.56 Å². The standard InChI is InChI=1S/C16H16O4/c1-19-15(16(17)18)13-8-5-9-14(10-13)20-11-12-6-3-2-4-7-12/h2-10,15H,11H2,1H3,(H,17,18)/t15-/m0/s1. The molecule has 1 atom stereocenters. The largest absolute Gasteiger partial charge is 0.489 e. The third-order valence-corrected chi connectivity index (χ3v) is 2.87. The quantitative estimate of drug-likeness (QED) is 0.878. The van der Waals surface area contributed by atoms with E-state index in [9.17, 15) is 4.79 Å². The van der Waals surface area contributed by atoms with Crippen LogP contribution in [0.15, 0.2) is 54.6 Å². The van der Waals surface area contributed by atoms with E-state index in [1.54, 1.807) is 24.3 Å². The van der Waals surface area contributed by atoms with Crippen LogP contribution in [0, 0.1) is 0 Å². The Morgan fingerprint density at radius 1 is 1.15 bits per heavy atom. The molecule has 0 aromatic heterocycles. The van der Waals surface area contributed by atoms with Crippen molar-refractivity contribution in [2.75, 3.05) is 7.11 Å². The highest BCUT2D eigenvalue weighted by atomic mass is 16.5. The van der Waals surface area contributed by atoms with E-state index < -0.39 is 12.1 Å². The van der Waals surface area contributed by atoms with Crippen LogP contribution in [0.5, 0.6) is 5.75 Å². The molecule has 4 nitrogen and oxygen atoms in total. The predicted octanol–water partition coefficient (Wildman–Crippen LogP) is 3.04. The lowest BCUT2D eigenvalue weighted by Crippen LogP contribution is -2.13. The molecule has 0 saturated heterocycles. The van der Waals surface area contributed by atoms with Crippen LogP contribution in [0.2, 0.25) is 0 Å². The summed E-state index contributed by atoms with van der Waals surface area (Å²) in [6.07, 6.45) is -0.977. The molecule has 0 unspecified atom stereocenters. The predicted molar refractivity (Wildman–Crippen MR) is 74.6 cm³/mol.